The third-order valence-electron chi connectivity index (χ3n) is 4.74. The number of carbonyl (C=O) groups is 2. The lowest BCUT2D eigenvalue weighted by Gasteiger charge is -2.08. The second-order valence-electron chi connectivity index (χ2n) is 6.66. The number of carbonyl (C=O) groups excluding carboxylic acids is 2. The molecule has 1 aliphatic rings. The summed E-state index contributed by atoms with van der Waals surface area (Å²) in [5.41, 5.74) is 1.99. The van der Waals surface area contributed by atoms with Crippen LogP contribution in [0.25, 0.3) is 17.0 Å². The molecule has 8 heteroatoms. The minimum absolute atomic E-state index is 0.168. The Morgan fingerprint density at radius 3 is 2.77 bits per heavy atom. The number of aromatic nitrogens is 1. The summed E-state index contributed by atoms with van der Waals surface area (Å²) in [4.78, 5) is 26.2. The van der Waals surface area contributed by atoms with Gasteiger partial charge in [0.15, 0.2) is 0 Å². The highest BCUT2D eigenvalue weighted by Crippen LogP contribution is 2.35. The van der Waals surface area contributed by atoms with Crippen molar-refractivity contribution in [2.45, 2.75) is 6.54 Å². The number of hydrogen-bond donors (Lipinski definition) is 0. The summed E-state index contributed by atoms with van der Waals surface area (Å²) in [5, 5.41) is 0.891. The molecule has 2 heterocycles. The van der Waals surface area contributed by atoms with Crippen molar-refractivity contribution < 1.29 is 14.0 Å². The molecule has 1 fully saturated rings. The molecule has 0 atom stereocenters. The van der Waals surface area contributed by atoms with Gasteiger partial charge in [0.05, 0.1) is 11.4 Å². The smallest absolute Gasteiger partial charge is 0.293 e. The molecule has 152 valence electrons. The zero-order chi connectivity index (χ0) is 21.4. The van der Waals surface area contributed by atoms with Crippen LogP contribution in [0.1, 0.15) is 11.1 Å². The molecule has 30 heavy (non-hydrogen) atoms. The fourth-order valence-electron chi connectivity index (χ4n) is 3.32. The van der Waals surface area contributed by atoms with Gasteiger partial charge in [-0.25, -0.2) is 4.39 Å². The maximum atomic E-state index is 14.3. The average molecular weight is 506 g/mol. The predicted octanol–water partition coefficient (Wildman–Crippen LogP) is 6.47. The number of hydrogen-bond acceptors (Lipinski definition) is 3. The van der Waals surface area contributed by atoms with Crippen molar-refractivity contribution >= 4 is 67.4 Å². The number of fused-ring (bicyclic) bond motifs is 1. The second kappa shape index (κ2) is 8.41. The quantitative estimate of drug-likeness (QED) is 0.295. The molecule has 1 aliphatic heterocycles. The molecule has 2 aromatic carbocycles. The molecule has 2 amide bonds. The summed E-state index contributed by atoms with van der Waals surface area (Å²) in [6.07, 6.45) is 5.05. The first-order chi connectivity index (χ1) is 14.4. The van der Waals surface area contributed by atoms with Crippen LogP contribution in [-0.4, -0.2) is 27.2 Å². The monoisotopic (exact) mass is 504 g/mol. The van der Waals surface area contributed by atoms with Crippen molar-refractivity contribution in [3.05, 3.63) is 86.6 Å². The molecule has 1 aromatic heterocycles. The summed E-state index contributed by atoms with van der Waals surface area (Å²) in [7, 11) is 0. The standard InChI is InChI=1S/C22H15BrClFN2O2S/c1-2-8-27-21(28)20(30-22(27)29)9-13-11-26(19-7-6-14(23)10-15(13)19)12-16-17(24)4-3-5-18(16)25/h2-7,9-11H,1,8,12H2/b20-9-. The Bertz CT molecular complexity index is 1220. The van der Waals surface area contributed by atoms with E-state index in [2.05, 4.69) is 22.5 Å². The van der Waals surface area contributed by atoms with Crippen LogP contribution in [0.3, 0.4) is 0 Å². The molecule has 0 saturated carbocycles. The van der Waals surface area contributed by atoms with Crippen LogP contribution in [0.4, 0.5) is 9.18 Å². The Kier molecular flexibility index (Phi) is 5.86. The molecular weight excluding hydrogens is 491 g/mol. The van der Waals surface area contributed by atoms with Gasteiger partial charge in [-0.3, -0.25) is 14.5 Å². The molecule has 4 nitrogen and oxygen atoms in total. The first-order valence-corrected chi connectivity index (χ1v) is 11.0. The van der Waals surface area contributed by atoms with Crippen LogP contribution >= 0.6 is 39.3 Å². The second-order valence-corrected chi connectivity index (χ2v) is 8.97. The molecular formula is C22H15BrClFN2O2S. The molecule has 0 N–H and O–H groups in total. The molecule has 0 radical (unpaired) electrons. The Morgan fingerprint density at radius 2 is 2.03 bits per heavy atom. The number of imide groups is 1. The van der Waals surface area contributed by atoms with Crippen molar-refractivity contribution in [2.75, 3.05) is 6.54 Å². The minimum atomic E-state index is -0.381. The van der Waals surface area contributed by atoms with Crippen LogP contribution in [0.15, 0.2) is 64.6 Å². The highest BCUT2D eigenvalue weighted by Gasteiger charge is 2.34. The number of amides is 2. The zero-order valence-electron chi connectivity index (χ0n) is 15.6. The Labute approximate surface area is 190 Å². The average Bonchev–Trinajstić information content (AvgIpc) is 3.17. The van der Waals surface area contributed by atoms with Gasteiger partial charge in [-0.05, 0) is 48.2 Å². The lowest BCUT2D eigenvalue weighted by atomic mass is 10.1. The largest absolute Gasteiger partial charge is 0.342 e. The summed E-state index contributed by atoms with van der Waals surface area (Å²) >= 11 is 10.6. The number of benzene rings is 2. The molecule has 0 unspecified atom stereocenters. The number of nitrogens with zero attached hydrogens (tertiary/aromatic N) is 2. The SMILES string of the molecule is C=CCN1C(=O)S/C(=C\c2cn(Cc3c(F)cccc3Cl)c3ccc(Br)cc23)C1=O. The van der Waals surface area contributed by atoms with Crippen LogP contribution in [-0.2, 0) is 11.3 Å². The van der Waals surface area contributed by atoms with E-state index in [0.29, 0.717) is 15.5 Å². The van der Waals surface area contributed by atoms with E-state index in [9.17, 15) is 14.0 Å². The van der Waals surface area contributed by atoms with Crippen LogP contribution < -0.4 is 0 Å². The molecule has 0 spiro atoms. The molecule has 4 rings (SSSR count). The number of rotatable bonds is 5. The van der Waals surface area contributed by atoms with Gasteiger partial charge in [-0.15, -0.1) is 6.58 Å². The highest BCUT2D eigenvalue weighted by atomic mass is 79.9. The van der Waals surface area contributed by atoms with Crippen LogP contribution in [0, 0.1) is 5.82 Å². The highest BCUT2D eigenvalue weighted by molar-refractivity contribution is 9.10. The molecule has 0 aliphatic carbocycles. The number of halogens is 3. The van der Waals surface area contributed by atoms with Gasteiger partial charge in [0.25, 0.3) is 11.1 Å². The maximum absolute atomic E-state index is 14.3. The first kappa shape index (κ1) is 20.9. The van der Waals surface area contributed by atoms with E-state index in [1.165, 1.54) is 12.1 Å². The van der Waals surface area contributed by atoms with E-state index in [0.717, 1.165) is 37.6 Å². The van der Waals surface area contributed by atoms with Gasteiger partial charge >= 0.3 is 0 Å². The van der Waals surface area contributed by atoms with Gasteiger partial charge < -0.3 is 4.57 Å². The summed E-state index contributed by atoms with van der Waals surface area (Å²) in [6.45, 7) is 3.98. The number of thioether (sulfide) groups is 1. The van der Waals surface area contributed by atoms with Crippen molar-refractivity contribution in [2.24, 2.45) is 0 Å². The summed E-state index contributed by atoms with van der Waals surface area (Å²) < 4.78 is 17.1. The van der Waals surface area contributed by atoms with Gasteiger partial charge in [0.2, 0.25) is 0 Å². The van der Waals surface area contributed by atoms with Crippen molar-refractivity contribution in [3.8, 4) is 0 Å². The van der Waals surface area contributed by atoms with E-state index in [4.69, 9.17) is 11.6 Å². The lowest BCUT2D eigenvalue weighted by molar-refractivity contribution is -0.122. The lowest BCUT2D eigenvalue weighted by Crippen LogP contribution is -2.27. The van der Waals surface area contributed by atoms with Crippen molar-refractivity contribution in [1.82, 2.24) is 9.47 Å². The van der Waals surface area contributed by atoms with Crippen LogP contribution in [0.2, 0.25) is 5.02 Å². The zero-order valence-corrected chi connectivity index (χ0v) is 18.7. The van der Waals surface area contributed by atoms with Crippen LogP contribution in [0.5, 0.6) is 0 Å². The summed E-state index contributed by atoms with van der Waals surface area (Å²) in [5.74, 6) is -0.730. The predicted molar refractivity (Wildman–Crippen MR) is 123 cm³/mol. The van der Waals surface area contributed by atoms with E-state index in [1.54, 1.807) is 18.2 Å². The van der Waals surface area contributed by atoms with Gasteiger partial charge in [-0.2, -0.15) is 0 Å². The fourth-order valence-corrected chi connectivity index (χ4v) is 4.75. The fraction of sp³-hybridized carbons (Fsp3) is 0.0909. The van der Waals surface area contributed by atoms with Crippen molar-refractivity contribution in [3.63, 3.8) is 0 Å². The van der Waals surface area contributed by atoms with Gasteiger partial charge in [-0.1, -0.05) is 39.7 Å². The van der Waals surface area contributed by atoms with E-state index in [1.807, 2.05) is 29.0 Å². The van der Waals surface area contributed by atoms with Crippen molar-refractivity contribution in [1.29, 1.82) is 0 Å². The Hall–Kier alpha value is -2.35. The first-order valence-electron chi connectivity index (χ1n) is 8.96. The Balaban J connectivity index is 1.80. The molecule has 0 bridgehead atoms. The summed E-state index contributed by atoms with van der Waals surface area (Å²) in [6, 6.07) is 10.3. The Morgan fingerprint density at radius 1 is 1.23 bits per heavy atom. The molecule has 3 aromatic rings. The minimum Gasteiger partial charge on any atom is -0.342 e. The maximum Gasteiger partial charge on any atom is 0.293 e. The third kappa shape index (κ3) is 3.85. The van der Waals surface area contributed by atoms with Gasteiger partial charge in [0.1, 0.15) is 5.82 Å². The van der Waals surface area contributed by atoms with E-state index in [-0.39, 0.29) is 30.1 Å². The van der Waals surface area contributed by atoms with E-state index >= 15 is 0 Å². The van der Waals surface area contributed by atoms with Gasteiger partial charge in [0, 0.05) is 44.3 Å². The molecule has 1 saturated heterocycles. The third-order valence-corrected chi connectivity index (χ3v) is 6.49. The normalized spacial score (nSPS) is 15.6. The topological polar surface area (TPSA) is 42.3 Å². The van der Waals surface area contributed by atoms with E-state index < -0.39 is 0 Å².